The van der Waals surface area contributed by atoms with Crippen molar-refractivity contribution < 1.29 is 9.53 Å². The van der Waals surface area contributed by atoms with Gasteiger partial charge in [-0.3, -0.25) is 9.78 Å². The van der Waals surface area contributed by atoms with E-state index >= 15 is 0 Å². The van der Waals surface area contributed by atoms with E-state index in [1.165, 1.54) is 6.92 Å². The van der Waals surface area contributed by atoms with Crippen LogP contribution in [-0.2, 0) is 9.53 Å². The summed E-state index contributed by atoms with van der Waals surface area (Å²) in [5.74, 6) is 0.236. The van der Waals surface area contributed by atoms with Crippen molar-refractivity contribution in [1.29, 1.82) is 0 Å². The normalized spacial score (nSPS) is 11.8. The molecular weight excluding hydrogens is 230 g/mol. The van der Waals surface area contributed by atoms with Crippen molar-refractivity contribution in [1.82, 2.24) is 4.98 Å². The third-order valence-electron chi connectivity index (χ3n) is 1.49. The minimum absolute atomic E-state index is 0.340. The predicted octanol–water partition coefficient (Wildman–Crippen LogP) is 1.98. The number of ether oxygens (including phenoxy) is 1. The lowest BCUT2D eigenvalue weighted by Crippen LogP contribution is -2.19. The van der Waals surface area contributed by atoms with Crippen LogP contribution in [0.25, 0.3) is 0 Å². The van der Waals surface area contributed by atoms with Crippen molar-refractivity contribution in [2.75, 3.05) is 5.75 Å². The quantitative estimate of drug-likeness (QED) is 0.447. The average Bonchev–Trinajstić information content (AvgIpc) is 2.25. The summed E-state index contributed by atoms with van der Waals surface area (Å²) < 4.78 is 4.93. The average molecular weight is 240 g/mol. The van der Waals surface area contributed by atoms with E-state index in [9.17, 15) is 4.79 Å². The predicted molar refractivity (Wildman–Crippen MR) is 63.1 cm³/mol. The number of pyridine rings is 1. The minimum atomic E-state index is -0.435. The Kier molecular flexibility index (Phi) is 5.28. The molecule has 0 amide bonds. The second-order valence-electron chi connectivity index (χ2n) is 2.71. The highest BCUT2D eigenvalue weighted by atomic mass is 32.2. The molecular formula is C10H10NO2S2. The number of thioether (sulfide) groups is 1. The molecule has 1 aromatic heterocycles. The fourth-order valence-electron chi connectivity index (χ4n) is 0.899. The maximum atomic E-state index is 10.7. The van der Waals surface area contributed by atoms with Crippen molar-refractivity contribution in [3.8, 4) is 0 Å². The van der Waals surface area contributed by atoms with Gasteiger partial charge in [0.05, 0.1) is 5.37 Å². The topological polar surface area (TPSA) is 39.2 Å². The van der Waals surface area contributed by atoms with Gasteiger partial charge in [-0.15, -0.1) is 11.8 Å². The van der Waals surface area contributed by atoms with Crippen molar-refractivity contribution in [3.63, 3.8) is 0 Å². The molecule has 1 aromatic rings. The first-order valence-electron chi connectivity index (χ1n) is 4.30. The summed E-state index contributed by atoms with van der Waals surface area (Å²) >= 11 is 6.20. The van der Waals surface area contributed by atoms with Crippen molar-refractivity contribution in [2.24, 2.45) is 0 Å². The van der Waals surface area contributed by atoms with Gasteiger partial charge in [-0.1, -0.05) is 12.2 Å². The van der Waals surface area contributed by atoms with Gasteiger partial charge in [0, 0.05) is 30.0 Å². The van der Waals surface area contributed by atoms with Gasteiger partial charge >= 0.3 is 5.97 Å². The number of thiocarbonyl (C=S) groups is 1. The van der Waals surface area contributed by atoms with Crippen LogP contribution < -0.4 is 0 Å². The monoisotopic (exact) mass is 240 g/mol. The molecule has 1 heterocycles. The van der Waals surface area contributed by atoms with Crippen LogP contribution in [0.4, 0.5) is 0 Å². The van der Waals surface area contributed by atoms with E-state index in [0.717, 1.165) is 4.90 Å². The van der Waals surface area contributed by atoms with Gasteiger partial charge in [0.2, 0.25) is 0 Å². The number of aromatic nitrogens is 1. The zero-order valence-electron chi connectivity index (χ0n) is 8.17. The van der Waals surface area contributed by atoms with Crippen molar-refractivity contribution >= 4 is 35.3 Å². The van der Waals surface area contributed by atoms with Gasteiger partial charge in [0.1, 0.15) is 6.10 Å². The first kappa shape index (κ1) is 12.1. The number of hydrogen-bond donors (Lipinski definition) is 0. The zero-order chi connectivity index (χ0) is 11.1. The molecule has 79 valence electrons. The molecule has 1 radical (unpaired) electrons. The molecule has 0 bridgehead atoms. The molecule has 3 nitrogen and oxygen atoms in total. The van der Waals surface area contributed by atoms with E-state index in [-0.39, 0.29) is 5.97 Å². The van der Waals surface area contributed by atoms with Gasteiger partial charge < -0.3 is 4.74 Å². The molecule has 15 heavy (non-hydrogen) atoms. The van der Waals surface area contributed by atoms with Crippen molar-refractivity contribution in [3.05, 3.63) is 24.5 Å². The van der Waals surface area contributed by atoms with E-state index in [1.807, 2.05) is 12.1 Å². The fourth-order valence-corrected chi connectivity index (χ4v) is 1.95. The Morgan fingerprint density at radius 1 is 1.67 bits per heavy atom. The Bertz CT molecular complexity index is 329. The highest BCUT2D eigenvalue weighted by molar-refractivity contribution is 7.99. The molecule has 0 aliphatic heterocycles. The molecule has 0 spiro atoms. The van der Waals surface area contributed by atoms with E-state index in [0.29, 0.717) is 5.75 Å². The van der Waals surface area contributed by atoms with Gasteiger partial charge in [-0.05, 0) is 12.1 Å². The molecule has 0 saturated heterocycles. The Hall–Kier alpha value is -0.940. The van der Waals surface area contributed by atoms with Crippen LogP contribution in [0.15, 0.2) is 29.4 Å². The Morgan fingerprint density at radius 2 is 2.33 bits per heavy atom. The summed E-state index contributed by atoms with van der Waals surface area (Å²) in [5, 5.41) is 2.51. The highest BCUT2D eigenvalue weighted by Crippen LogP contribution is 2.17. The highest BCUT2D eigenvalue weighted by Gasteiger charge is 2.09. The van der Waals surface area contributed by atoms with E-state index < -0.39 is 6.10 Å². The second-order valence-corrected chi connectivity index (χ2v) is 4.04. The molecule has 0 aliphatic rings. The summed E-state index contributed by atoms with van der Waals surface area (Å²) in [5.41, 5.74) is 0. The van der Waals surface area contributed by atoms with Crippen LogP contribution in [0.5, 0.6) is 0 Å². The molecule has 5 heteroatoms. The van der Waals surface area contributed by atoms with Gasteiger partial charge in [-0.2, -0.15) is 0 Å². The third-order valence-corrected chi connectivity index (χ3v) is 2.83. The summed E-state index contributed by atoms with van der Waals surface area (Å²) in [6, 6.07) is 3.78. The van der Waals surface area contributed by atoms with Crippen LogP contribution >= 0.6 is 24.0 Å². The molecule has 0 saturated carbocycles. The molecule has 0 aromatic carbocycles. The lowest BCUT2D eigenvalue weighted by molar-refractivity contribution is -0.142. The summed E-state index contributed by atoms with van der Waals surface area (Å²) in [6.45, 7) is 1.36. The summed E-state index contributed by atoms with van der Waals surface area (Å²) in [6.07, 6.45) is 2.99. The first-order valence-corrected chi connectivity index (χ1v) is 5.69. The molecule has 0 fully saturated rings. The number of esters is 1. The number of rotatable bonds is 5. The molecule has 0 N–H and O–H groups in total. The summed E-state index contributed by atoms with van der Waals surface area (Å²) in [7, 11) is 0. The Labute approximate surface area is 98.2 Å². The Morgan fingerprint density at radius 3 is 2.87 bits per heavy atom. The van der Waals surface area contributed by atoms with Gasteiger partial charge in [0.15, 0.2) is 0 Å². The third kappa shape index (κ3) is 4.90. The second kappa shape index (κ2) is 6.53. The van der Waals surface area contributed by atoms with Gasteiger partial charge in [-0.25, -0.2) is 0 Å². The Balaban J connectivity index is 2.41. The lowest BCUT2D eigenvalue weighted by Gasteiger charge is -2.10. The van der Waals surface area contributed by atoms with Crippen LogP contribution in [0.1, 0.15) is 6.92 Å². The van der Waals surface area contributed by atoms with Gasteiger partial charge in [0.25, 0.3) is 0 Å². The van der Waals surface area contributed by atoms with Crippen molar-refractivity contribution in [2.45, 2.75) is 17.9 Å². The minimum Gasteiger partial charge on any atom is -0.456 e. The number of nitrogens with zero attached hydrogens (tertiary/aromatic N) is 1. The molecule has 1 rings (SSSR count). The molecule has 0 aliphatic carbocycles. The van der Waals surface area contributed by atoms with E-state index in [4.69, 9.17) is 4.74 Å². The molecule has 1 atom stereocenters. The lowest BCUT2D eigenvalue weighted by atomic mass is 10.5. The van der Waals surface area contributed by atoms with E-state index in [2.05, 4.69) is 22.6 Å². The smallest absolute Gasteiger partial charge is 0.303 e. The largest absolute Gasteiger partial charge is 0.456 e. The number of carbonyl (C=O) groups excluding carboxylic acids is 1. The first-order chi connectivity index (χ1) is 7.22. The SMILES string of the molecule is CC(=O)OC([C]=S)CSc1ccncc1. The zero-order valence-corrected chi connectivity index (χ0v) is 9.81. The standard InChI is InChI=1S/C10H10NO2S2/c1-8(12)13-9(6-14)7-15-10-2-4-11-5-3-10/h2-5,9H,7H2,1H3. The fraction of sp³-hybridized carbons (Fsp3) is 0.300. The maximum absolute atomic E-state index is 10.7. The van der Waals surface area contributed by atoms with E-state index in [1.54, 1.807) is 24.2 Å². The van der Waals surface area contributed by atoms with Crippen LogP contribution in [0, 0.1) is 0 Å². The number of carbonyl (C=O) groups is 1. The van der Waals surface area contributed by atoms with Crippen LogP contribution in [0.3, 0.4) is 0 Å². The van der Waals surface area contributed by atoms with Crippen LogP contribution in [-0.4, -0.2) is 28.2 Å². The maximum Gasteiger partial charge on any atom is 0.303 e. The summed E-state index contributed by atoms with van der Waals surface area (Å²) in [4.78, 5) is 15.7. The molecule has 1 unspecified atom stereocenters. The number of hydrogen-bond acceptors (Lipinski definition) is 5. The van der Waals surface area contributed by atoms with Crippen LogP contribution in [0.2, 0.25) is 0 Å².